The first-order valence-electron chi connectivity index (χ1n) is 8.25. The van der Waals surface area contributed by atoms with Crippen molar-refractivity contribution in [1.29, 1.82) is 5.26 Å². The first kappa shape index (κ1) is 18.7. The van der Waals surface area contributed by atoms with Gasteiger partial charge in [0.25, 0.3) is 0 Å². The standard InChI is InChI=1S/C17H24N6O2/c1-11-8-13(3)23-16(20-11)14(9-18)15(22-23)6-5-7-19-17(24)21-12(2)10-25-4/h8,12H,5-7,10H2,1-4H3,(H2,19,21,24)/t12-/m0/s1. The van der Waals surface area contributed by atoms with Gasteiger partial charge in [0.1, 0.15) is 11.6 Å². The van der Waals surface area contributed by atoms with Crippen LogP contribution in [-0.4, -0.2) is 46.9 Å². The van der Waals surface area contributed by atoms with Crippen molar-refractivity contribution in [3.63, 3.8) is 0 Å². The number of ether oxygens (including phenoxy) is 1. The number of hydrogen-bond donors (Lipinski definition) is 2. The topological polar surface area (TPSA) is 104 Å². The fourth-order valence-electron chi connectivity index (χ4n) is 2.68. The number of carbonyl (C=O) groups is 1. The van der Waals surface area contributed by atoms with Crippen LogP contribution in [0.5, 0.6) is 0 Å². The van der Waals surface area contributed by atoms with E-state index in [0.29, 0.717) is 42.9 Å². The third-order valence-corrected chi connectivity index (χ3v) is 3.75. The first-order chi connectivity index (χ1) is 12.0. The van der Waals surface area contributed by atoms with Crippen LogP contribution in [0.3, 0.4) is 0 Å². The van der Waals surface area contributed by atoms with Crippen molar-refractivity contribution in [2.45, 2.75) is 39.7 Å². The lowest BCUT2D eigenvalue weighted by Gasteiger charge is -2.13. The molecule has 0 aliphatic carbocycles. The van der Waals surface area contributed by atoms with Gasteiger partial charge < -0.3 is 15.4 Å². The zero-order chi connectivity index (χ0) is 18.4. The molecule has 2 aromatic heterocycles. The van der Waals surface area contributed by atoms with Gasteiger partial charge in [-0.25, -0.2) is 14.3 Å². The largest absolute Gasteiger partial charge is 0.383 e. The Morgan fingerprint density at radius 3 is 2.92 bits per heavy atom. The van der Waals surface area contributed by atoms with E-state index in [1.165, 1.54) is 0 Å². The van der Waals surface area contributed by atoms with E-state index in [1.54, 1.807) is 11.6 Å². The zero-order valence-electron chi connectivity index (χ0n) is 15.1. The second kappa shape index (κ2) is 8.44. The minimum atomic E-state index is -0.229. The second-order valence-corrected chi connectivity index (χ2v) is 6.07. The first-order valence-corrected chi connectivity index (χ1v) is 8.25. The van der Waals surface area contributed by atoms with Crippen LogP contribution >= 0.6 is 0 Å². The molecule has 0 fully saturated rings. The van der Waals surface area contributed by atoms with E-state index in [0.717, 1.165) is 11.4 Å². The van der Waals surface area contributed by atoms with Crippen molar-refractivity contribution in [3.05, 3.63) is 28.7 Å². The Morgan fingerprint density at radius 2 is 2.24 bits per heavy atom. The predicted octanol–water partition coefficient (Wildman–Crippen LogP) is 1.48. The zero-order valence-corrected chi connectivity index (χ0v) is 15.1. The van der Waals surface area contributed by atoms with Gasteiger partial charge in [-0.1, -0.05) is 0 Å². The van der Waals surface area contributed by atoms with Gasteiger partial charge in [0.05, 0.1) is 18.3 Å². The molecule has 8 nitrogen and oxygen atoms in total. The Morgan fingerprint density at radius 1 is 1.48 bits per heavy atom. The summed E-state index contributed by atoms with van der Waals surface area (Å²) in [6.07, 6.45) is 1.28. The van der Waals surface area contributed by atoms with Crippen LogP contribution in [0.1, 0.15) is 36.0 Å². The van der Waals surface area contributed by atoms with Crippen LogP contribution in [0.25, 0.3) is 5.65 Å². The number of rotatable bonds is 7. The molecule has 134 valence electrons. The summed E-state index contributed by atoms with van der Waals surface area (Å²) in [7, 11) is 1.59. The van der Waals surface area contributed by atoms with Gasteiger partial charge in [0.2, 0.25) is 0 Å². The lowest BCUT2D eigenvalue weighted by atomic mass is 10.1. The predicted molar refractivity (Wildman–Crippen MR) is 93.4 cm³/mol. The van der Waals surface area contributed by atoms with Crippen molar-refractivity contribution < 1.29 is 9.53 Å². The number of urea groups is 1. The Balaban J connectivity index is 1.94. The Labute approximate surface area is 147 Å². The highest BCUT2D eigenvalue weighted by Crippen LogP contribution is 2.16. The minimum Gasteiger partial charge on any atom is -0.383 e. The molecule has 1 atom stereocenters. The fraction of sp³-hybridized carbons (Fsp3) is 0.529. The molecule has 0 aliphatic rings. The van der Waals surface area contributed by atoms with Crippen molar-refractivity contribution >= 4 is 11.7 Å². The van der Waals surface area contributed by atoms with E-state index >= 15 is 0 Å². The number of methoxy groups -OCH3 is 1. The Hall–Kier alpha value is -2.66. The monoisotopic (exact) mass is 344 g/mol. The van der Waals surface area contributed by atoms with Gasteiger partial charge in [-0.3, -0.25) is 0 Å². The number of amides is 2. The molecule has 25 heavy (non-hydrogen) atoms. The van der Waals surface area contributed by atoms with Crippen molar-refractivity contribution in [1.82, 2.24) is 25.2 Å². The third kappa shape index (κ3) is 4.67. The third-order valence-electron chi connectivity index (χ3n) is 3.75. The molecule has 0 spiro atoms. The second-order valence-electron chi connectivity index (χ2n) is 6.07. The van der Waals surface area contributed by atoms with Crippen molar-refractivity contribution in [2.24, 2.45) is 0 Å². The van der Waals surface area contributed by atoms with Crippen LogP contribution in [0, 0.1) is 25.2 Å². The van der Waals surface area contributed by atoms with Gasteiger partial charge in [0, 0.05) is 25.0 Å². The maximum absolute atomic E-state index is 11.7. The number of aryl methyl sites for hydroxylation is 3. The molecule has 0 aromatic carbocycles. The average Bonchev–Trinajstić information content (AvgIpc) is 2.89. The van der Waals surface area contributed by atoms with E-state index in [2.05, 4.69) is 26.8 Å². The molecule has 0 saturated carbocycles. The summed E-state index contributed by atoms with van der Waals surface area (Å²) in [6.45, 7) is 6.67. The van der Waals surface area contributed by atoms with E-state index in [4.69, 9.17) is 4.74 Å². The smallest absolute Gasteiger partial charge is 0.315 e. The minimum absolute atomic E-state index is 0.0501. The lowest BCUT2D eigenvalue weighted by Crippen LogP contribution is -2.42. The summed E-state index contributed by atoms with van der Waals surface area (Å²) < 4.78 is 6.67. The van der Waals surface area contributed by atoms with Crippen LogP contribution in [0.2, 0.25) is 0 Å². The number of nitrogens with one attached hydrogen (secondary N) is 2. The van der Waals surface area contributed by atoms with E-state index < -0.39 is 0 Å². The molecule has 8 heteroatoms. The number of carbonyl (C=O) groups excluding carboxylic acids is 1. The molecule has 2 heterocycles. The van der Waals surface area contributed by atoms with Gasteiger partial charge in [-0.05, 0) is 39.7 Å². The molecule has 2 aromatic rings. The summed E-state index contributed by atoms with van der Waals surface area (Å²) in [5.74, 6) is 0. The summed E-state index contributed by atoms with van der Waals surface area (Å²) in [5.41, 5.74) is 3.60. The van der Waals surface area contributed by atoms with Crippen LogP contribution in [0.4, 0.5) is 4.79 Å². The van der Waals surface area contributed by atoms with Crippen LogP contribution < -0.4 is 10.6 Å². The van der Waals surface area contributed by atoms with E-state index in [9.17, 15) is 10.1 Å². The summed E-state index contributed by atoms with van der Waals surface area (Å²) >= 11 is 0. The average molecular weight is 344 g/mol. The van der Waals surface area contributed by atoms with Gasteiger partial charge in [0.15, 0.2) is 5.65 Å². The SMILES string of the molecule is COC[C@H](C)NC(=O)NCCCc1nn2c(C)cc(C)nc2c1C#N. The van der Waals surface area contributed by atoms with E-state index in [-0.39, 0.29) is 12.1 Å². The molecule has 0 radical (unpaired) electrons. The highest BCUT2D eigenvalue weighted by molar-refractivity contribution is 5.74. The lowest BCUT2D eigenvalue weighted by molar-refractivity contribution is 0.171. The maximum atomic E-state index is 11.7. The van der Waals surface area contributed by atoms with Gasteiger partial charge >= 0.3 is 6.03 Å². The molecule has 2 amide bonds. The number of nitrogens with zero attached hydrogens (tertiary/aromatic N) is 4. The van der Waals surface area contributed by atoms with E-state index in [1.807, 2.05) is 26.8 Å². The molecular weight excluding hydrogens is 320 g/mol. The molecule has 0 unspecified atom stereocenters. The number of fused-ring (bicyclic) bond motifs is 1. The maximum Gasteiger partial charge on any atom is 0.315 e. The molecule has 2 rings (SSSR count). The summed E-state index contributed by atoms with van der Waals surface area (Å²) in [5, 5.41) is 19.5. The molecular formula is C17H24N6O2. The van der Waals surface area contributed by atoms with Gasteiger partial charge in [-0.2, -0.15) is 10.4 Å². The van der Waals surface area contributed by atoms with Gasteiger partial charge in [-0.15, -0.1) is 0 Å². The molecule has 0 saturated heterocycles. The number of nitriles is 1. The summed E-state index contributed by atoms with van der Waals surface area (Å²) in [6, 6.07) is 3.85. The molecule has 0 bridgehead atoms. The molecule has 0 aliphatic heterocycles. The van der Waals surface area contributed by atoms with Crippen molar-refractivity contribution in [3.8, 4) is 6.07 Å². The highest BCUT2D eigenvalue weighted by Gasteiger charge is 2.15. The van der Waals surface area contributed by atoms with Crippen LogP contribution in [0.15, 0.2) is 6.07 Å². The summed E-state index contributed by atoms with van der Waals surface area (Å²) in [4.78, 5) is 16.1. The normalized spacial score (nSPS) is 12.0. The number of aromatic nitrogens is 3. The van der Waals surface area contributed by atoms with Crippen molar-refractivity contribution in [2.75, 3.05) is 20.3 Å². The number of hydrogen-bond acceptors (Lipinski definition) is 5. The fourth-order valence-corrected chi connectivity index (χ4v) is 2.68. The van der Waals surface area contributed by atoms with Crippen LogP contribution in [-0.2, 0) is 11.2 Å². The Bertz CT molecular complexity index is 793. The Kier molecular flexibility index (Phi) is 6.31. The quantitative estimate of drug-likeness (QED) is 0.741. The molecule has 2 N–H and O–H groups in total. The highest BCUT2D eigenvalue weighted by atomic mass is 16.5.